The largest absolute Gasteiger partial charge is 0.482 e. The Bertz CT molecular complexity index is 503. The second kappa shape index (κ2) is 7.05. The van der Waals surface area contributed by atoms with Crippen LogP contribution in [0, 0.1) is 0 Å². The molecule has 0 bridgehead atoms. The fourth-order valence-electron chi connectivity index (χ4n) is 2.09. The molecule has 0 aromatic heterocycles. The minimum absolute atomic E-state index is 0.0625. The number of carbonyl (C=O) groups excluding carboxylic acids is 1. The molecule has 0 radical (unpaired) electrons. The van der Waals surface area contributed by atoms with Crippen LogP contribution in [0.3, 0.4) is 0 Å². The third-order valence-corrected chi connectivity index (χ3v) is 3.22. The average molecular weight is 294 g/mol. The van der Waals surface area contributed by atoms with Crippen LogP contribution in [0.2, 0.25) is 0 Å². The molecular formula is C14H18N2O5. The predicted octanol–water partition coefficient (Wildman–Crippen LogP) is 0.465. The molecule has 2 unspecified atom stereocenters. The lowest BCUT2D eigenvalue weighted by Crippen LogP contribution is -2.35. The molecule has 1 fully saturated rings. The Kier molecular flexibility index (Phi) is 5.13. The maximum atomic E-state index is 12.0. The quantitative estimate of drug-likeness (QED) is 0.705. The van der Waals surface area contributed by atoms with Crippen molar-refractivity contribution in [3.63, 3.8) is 0 Å². The van der Waals surface area contributed by atoms with Gasteiger partial charge in [0.2, 0.25) is 5.91 Å². The van der Waals surface area contributed by atoms with Crippen molar-refractivity contribution in [3.8, 4) is 5.75 Å². The van der Waals surface area contributed by atoms with E-state index in [4.69, 9.17) is 14.6 Å². The molecule has 3 N–H and O–H groups in total. The molecule has 1 saturated heterocycles. The summed E-state index contributed by atoms with van der Waals surface area (Å²) in [6.07, 6.45) is 0.704. The number of benzene rings is 1. The third kappa shape index (κ3) is 4.44. The first kappa shape index (κ1) is 15.3. The summed E-state index contributed by atoms with van der Waals surface area (Å²) in [7, 11) is 1.63. The van der Waals surface area contributed by atoms with Gasteiger partial charge in [-0.15, -0.1) is 0 Å². The van der Waals surface area contributed by atoms with Crippen molar-refractivity contribution < 1.29 is 24.2 Å². The standard InChI is InChI=1S/C14H18N2O5/c1-20-11-6-12(15-7-11)14(19)16-9-2-4-10(5-3-9)21-8-13(17)18/h2-5,11-12,15H,6-8H2,1H3,(H,16,19)(H,17,18). The van der Waals surface area contributed by atoms with E-state index in [1.54, 1.807) is 31.4 Å². The second-order valence-electron chi connectivity index (χ2n) is 4.75. The molecule has 1 aliphatic rings. The summed E-state index contributed by atoms with van der Waals surface area (Å²) in [6, 6.07) is 6.28. The molecule has 0 aliphatic carbocycles. The number of carboxylic acid groups (broad SMARTS) is 1. The normalized spacial score (nSPS) is 21.0. The first-order chi connectivity index (χ1) is 10.1. The molecule has 2 atom stereocenters. The zero-order chi connectivity index (χ0) is 15.2. The predicted molar refractivity (Wildman–Crippen MR) is 75.4 cm³/mol. The SMILES string of the molecule is COC1CNC(C(=O)Nc2ccc(OCC(=O)O)cc2)C1. The van der Waals surface area contributed by atoms with E-state index in [2.05, 4.69) is 10.6 Å². The van der Waals surface area contributed by atoms with Crippen molar-refractivity contribution >= 4 is 17.6 Å². The Balaban J connectivity index is 1.85. The number of carboxylic acids is 1. The van der Waals surface area contributed by atoms with E-state index in [1.807, 2.05) is 0 Å². The van der Waals surface area contributed by atoms with Gasteiger partial charge in [0.05, 0.1) is 12.1 Å². The van der Waals surface area contributed by atoms with Crippen molar-refractivity contribution in [1.29, 1.82) is 0 Å². The Morgan fingerprint density at radius 3 is 2.67 bits per heavy atom. The van der Waals surface area contributed by atoms with Gasteiger partial charge in [-0.25, -0.2) is 4.79 Å². The van der Waals surface area contributed by atoms with E-state index in [-0.39, 0.29) is 18.1 Å². The van der Waals surface area contributed by atoms with Crippen molar-refractivity contribution in [2.24, 2.45) is 0 Å². The number of aliphatic carboxylic acids is 1. The Morgan fingerprint density at radius 1 is 1.38 bits per heavy atom. The number of nitrogens with one attached hydrogen (secondary N) is 2. The first-order valence-electron chi connectivity index (χ1n) is 6.60. The molecule has 2 rings (SSSR count). The summed E-state index contributed by atoms with van der Waals surface area (Å²) in [5.41, 5.74) is 0.630. The maximum absolute atomic E-state index is 12.0. The van der Waals surface area contributed by atoms with E-state index in [9.17, 15) is 9.59 Å². The molecule has 1 heterocycles. The zero-order valence-electron chi connectivity index (χ0n) is 11.7. The zero-order valence-corrected chi connectivity index (χ0v) is 11.7. The fraction of sp³-hybridized carbons (Fsp3) is 0.429. The number of hydrogen-bond acceptors (Lipinski definition) is 5. The van der Waals surface area contributed by atoms with Crippen LogP contribution in [0.1, 0.15) is 6.42 Å². The summed E-state index contributed by atoms with van der Waals surface area (Å²) in [5, 5.41) is 14.4. The maximum Gasteiger partial charge on any atom is 0.341 e. The van der Waals surface area contributed by atoms with E-state index >= 15 is 0 Å². The topological polar surface area (TPSA) is 96.9 Å². The number of rotatable bonds is 6. The summed E-state index contributed by atoms with van der Waals surface area (Å²) in [6.45, 7) is 0.270. The third-order valence-electron chi connectivity index (χ3n) is 3.22. The molecule has 1 amide bonds. The second-order valence-corrected chi connectivity index (χ2v) is 4.75. The number of carbonyl (C=O) groups is 2. The van der Waals surface area contributed by atoms with Crippen LogP contribution in [-0.2, 0) is 14.3 Å². The van der Waals surface area contributed by atoms with Crippen LogP contribution < -0.4 is 15.4 Å². The highest BCUT2D eigenvalue weighted by molar-refractivity contribution is 5.95. The van der Waals surface area contributed by atoms with Crippen molar-refractivity contribution in [1.82, 2.24) is 5.32 Å². The molecule has 1 aromatic carbocycles. The fourth-order valence-corrected chi connectivity index (χ4v) is 2.09. The van der Waals surface area contributed by atoms with E-state index < -0.39 is 12.6 Å². The Labute approximate surface area is 122 Å². The van der Waals surface area contributed by atoms with Gasteiger partial charge >= 0.3 is 5.97 Å². The van der Waals surface area contributed by atoms with Gasteiger partial charge in [0.1, 0.15) is 5.75 Å². The van der Waals surface area contributed by atoms with E-state index in [1.165, 1.54) is 0 Å². The molecule has 0 spiro atoms. The van der Waals surface area contributed by atoms with Gasteiger partial charge in [0.15, 0.2) is 6.61 Å². The van der Waals surface area contributed by atoms with Gasteiger partial charge in [-0.3, -0.25) is 4.79 Å². The summed E-state index contributed by atoms with van der Waals surface area (Å²) < 4.78 is 10.2. The van der Waals surface area contributed by atoms with Gasteiger partial charge in [0, 0.05) is 19.3 Å². The van der Waals surface area contributed by atoms with Gasteiger partial charge in [-0.1, -0.05) is 0 Å². The van der Waals surface area contributed by atoms with Crippen LogP contribution >= 0.6 is 0 Å². The molecule has 0 saturated carbocycles. The Hall–Kier alpha value is -2.12. The minimum Gasteiger partial charge on any atom is -0.482 e. The molecule has 7 nitrogen and oxygen atoms in total. The Morgan fingerprint density at radius 2 is 2.10 bits per heavy atom. The van der Waals surface area contributed by atoms with Crippen molar-refractivity contribution in [2.45, 2.75) is 18.6 Å². The lowest BCUT2D eigenvalue weighted by atomic mass is 10.2. The highest BCUT2D eigenvalue weighted by Gasteiger charge is 2.29. The van der Waals surface area contributed by atoms with Crippen LogP contribution in [0.25, 0.3) is 0 Å². The molecule has 1 aliphatic heterocycles. The monoisotopic (exact) mass is 294 g/mol. The van der Waals surface area contributed by atoms with Gasteiger partial charge in [-0.05, 0) is 30.7 Å². The number of anilines is 1. The van der Waals surface area contributed by atoms with Crippen LogP contribution in [-0.4, -0.2) is 49.4 Å². The van der Waals surface area contributed by atoms with Crippen molar-refractivity contribution in [3.05, 3.63) is 24.3 Å². The van der Waals surface area contributed by atoms with E-state index in [0.717, 1.165) is 0 Å². The lowest BCUT2D eigenvalue weighted by molar-refractivity contribution is -0.139. The lowest BCUT2D eigenvalue weighted by Gasteiger charge is -2.11. The molecule has 114 valence electrons. The molecule has 7 heteroatoms. The van der Waals surface area contributed by atoms with Crippen molar-refractivity contribution in [2.75, 3.05) is 25.6 Å². The smallest absolute Gasteiger partial charge is 0.341 e. The molecular weight excluding hydrogens is 276 g/mol. The van der Waals surface area contributed by atoms with Crippen LogP contribution in [0.4, 0.5) is 5.69 Å². The number of hydrogen-bond donors (Lipinski definition) is 3. The molecule has 1 aromatic rings. The van der Waals surface area contributed by atoms with Crippen LogP contribution in [0.15, 0.2) is 24.3 Å². The van der Waals surface area contributed by atoms with E-state index in [0.29, 0.717) is 24.4 Å². The highest BCUT2D eigenvalue weighted by Crippen LogP contribution is 2.17. The van der Waals surface area contributed by atoms with Gasteiger partial charge in [-0.2, -0.15) is 0 Å². The number of methoxy groups -OCH3 is 1. The summed E-state index contributed by atoms with van der Waals surface area (Å²) >= 11 is 0. The van der Waals surface area contributed by atoms with Crippen LogP contribution in [0.5, 0.6) is 5.75 Å². The van der Waals surface area contributed by atoms with Gasteiger partial charge in [0.25, 0.3) is 0 Å². The molecule has 21 heavy (non-hydrogen) atoms. The minimum atomic E-state index is -1.03. The summed E-state index contributed by atoms with van der Waals surface area (Å²) in [5.74, 6) is -0.713. The average Bonchev–Trinajstić information content (AvgIpc) is 2.95. The first-order valence-corrected chi connectivity index (χ1v) is 6.60. The number of ether oxygens (including phenoxy) is 2. The van der Waals surface area contributed by atoms with Gasteiger partial charge < -0.3 is 25.2 Å². The number of amides is 1. The highest BCUT2D eigenvalue weighted by atomic mass is 16.5. The summed E-state index contributed by atoms with van der Waals surface area (Å²) in [4.78, 5) is 22.4.